The highest BCUT2D eigenvalue weighted by molar-refractivity contribution is 5.27. The SMILES string of the molecule is FC(F)(F)Oc1ccc(CNC2CCOC2)cc1. The van der Waals surface area contributed by atoms with Gasteiger partial charge < -0.3 is 14.8 Å². The number of hydrogen-bond acceptors (Lipinski definition) is 3. The molecule has 1 heterocycles. The first kappa shape index (κ1) is 13.2. The third kappa shape index (κ3) is 4.19. The van der Waals surface area contributed by atoms with Crippen molar-refractivity contribution in [2.75, 3.05) is 13.2 Å². The minimum absolute atomic E-state index is 0.199. The first-order chi connectivity index (χ1) is 8.53. The lowest BCUT2D eigenvalue weighted by Crippen LogP contribution is -2.28. The maximum Gasteiger partial charge on any atom is 0.573 e. The van der Waals surface area contributed by atoms with Crippen LogP contribution in [0.15, 0.2) is 24.3 Å². The number of benzene rings is 1. The van der Waals surface area contributed by atoms with Crippen LogP contribution >= 0.6 is 0 Å². The second-order valence-corrected chi connectivity index (χ2v) is 4.13. The second kappa shape index (κ2) is 5.58. The van der Waals surface area contributed by atoms with Gasteiger partial charge in [0, 0.05) is 19.2 Å². The summed E-state index contributed by atoms with van der Waals surface area (Å²) in [5.74, 6) is -0.199. The summed E-state index contributed by atoms with van der Waals surface area (Å²) >= 11 is 0. The maximum absolute atomic E-state index is 11.9. The van der Waals surface area contributed by atoms with Gasteiger partial charge in [-0.2, -0.15) is 0 Å². The van der Waals surface area contributed by atoms with Crippen molar-refractivity contribution in [1.29, 1.82) is 0 Å². The van der Waals surface area contributed by atoms with Crippen molar-refractivity contribution in [1.82, 2.24) is 5.32 Å². The van der Waals surface area contributed by atoms with Gasteiger partial charge in [0.05, 0.1) is 6.61 Å². The number of hydrogen-bond donors (Lipinski definition) is 1. The lowest BCUT2D eigenvalue weighted by Gasteiger charge is -2.12. The molecule has 0 radical (unpaired) electrons. The topological polar surface area (TPSA) is 30.5 Å². The molecule has 18 heavy (non-hydrogen) atoms. The van der Waals surface area contributed by atoms with Crippen molar-refractivity contribution in [2.45, 2.75) is 25.4 Å². The average Bonchev–Trinajstić information content (AvgIpc) is 2.79. The Labute approximate surface area is 103 Å². The van der Waals surface area contributed by atoms with Crippen molar-refractivity contribution in [3.05, 3.63) is 29.8 Å². The van der Waals surface area contributed by atoms with Gasteiger partial charge in [-0.15, -0.1) is 13.2 Å². The Bertz CT molecular complexity index is 372. The average molecular weight is 261 g/mol. The molecule has 1 aromatic carbocycles. The Morgan fingerprint density at radius 2 is 2.00 bits per heavy atom. The Kier molecular flexibility index (Phi) is 4.08. The van der Waals surface area contributed by atoms with E-state index in [4.69, 9.17) is 4.74 Å². The van der Waals surface area contributed by atoms with Crippen LogP contribution < -0.4 is 10.1 Å². The van der Waals surface area contributed by atoms with E-state index in [0.717, 1.165) is 18.6 Å². The number of nitrogens with one attached hydrogen (secondary N) is 1. The molecule has 3 nitrogen and oxygen atoms in total. The van der Waals surface area contributed by atoms with Crippen LogP contribution in [-0.4, -0.2) is 25.6 Å². The summed E-state index contributed by atoms with van der Waals surface area (Å²) in [5.41, 5.74) is 0.913. The Morgan fingerprint density at radius 1 is 1.28 bits per heavy atom. The summed E-state index contributed by atoms with van der Waals surface area (Å²) in [6.07, 6.45) is -3.67. The van der Waals surface area contributed by atoms with Gasteiger partial charge in [-0.25, -0.2) is 0 Å². The van der Waals surface area contributed by atoms with E-state index in [0.29, 0.717) is 19.2 Å². The van der Waals surface area contributed by atoms with Crippen LogP contribution in [0.2, 0.25) is 0 Å². The van der Waals surface area contributed by atoms with Crippen LogP contribution in [0.4, 0.5) is 13.2 Å². The smallest absolute Gasteiger partial charge is 0.406 e. The zero-order valence-corrected chi connectivity index (χ0v) is 9.67. The Balaban J connectivity index is 1.83. The molecule has 1 atom stereocenters. The van der Waals surface area contributed by atoms with E-state index in [2.05, 4.69) is 10.1 Å². The van der Waals surface area contributed by atoms with E-state index in [1.807, 2.05) is 0 Å². The molecular weight excluding hydrogens is 247 g/mol. The molecule has 0 spiro atoms. The molecule has 0 aromatic heterocycles. The van der Waals surface area contributed by atoms with Crippen LogP contribution in [0.5, 0.6) is 5.75 Å². The zero-order chi connectivity index (χ0) is 13.0. The lowest BCUT2D eigenvalue weighted by molar-refractivity contribution is -0.274. The molecule has 1 aliphatic rings. The summed E-state index contributed by atoms with van der Waals surface area (Å²) in [7, 11) is 0. The van der Waals surface area contributed by atoms with E-state index < -0.39 is 6.36 Å². The van der Waals surface area contributed by atoms with Crippen LogP contribution in [0.1, 0.15) is 12.0 Å². The van der Waals surface area contributed by atoms with E-state index in [-0.39, 0.29) is 5.75 Å². The highest BCUT2D eigenvalue weighted by Crippen LogP contribution is 2.22. The van der Waals surface area contributed by atoms with E-state index in [1.54, 1.807) is 12.1 Å². The lowest BCUT2D eigenvalue weighted by atomic mass is 10.2. The normalized spacial score (nSPS) is 20.1. The minimum atomic E-state index is -4.64. The molecule has 1 N–H and O–H groups in total. The molecule has 1 fully saturated rings. The van der Waals surface area contributed by atoms with Crippen molar-refractivity contribution in [3.63, 3.8) is 0 Å². The van der Waals surface area contributed by atoms with Gasteiger partial charge in [-0.1, -0.05) is 12.1 Å². The fourth-order valence-electron chi connectivity index (χ4n) is 1.77. The quantitative estimate of drug-likeness (QED) is 0.903. The summed E-state index contributed by atoms with van der Waals surface area (Å²) in [5, 5.41) is 3.28. The van der Waals surface area contributed by atoms with Gasteiger partial charge in [0.15, 0.2) is 0 Å². The number of alkyl halides is 3. The molecule has 1 aliphatic heterocycles. The van der Waals surface area contributed by atoms with Gasteiger partial charge >= 0.3 is 6.36 Å². The molecule has 0 aliphatic carbocycles. The largest absolute Gasteiger partial charge is 0.573 e. The monoisotopic (exact) mass is 261 g/mol. The molecule has 0 saturated carbocycles. The van der Waals surface area contributed by atoms with Crippen molar-refractivity contribution in [2.24, 2.45) is 0 Å². The molecule has 0 amide bonds. The van der Waals surface area contributed by atoms with Crippen molar-refractivity contribution >= 4 is 0 Å². The standard InChI is InChI=1S/C12H14F3NO2/c13-12(14,15)18-11-3-1-9(2-4-11)7-16-10-5-6-17-8-10/h1-4,10,16H,5-8H2. The van der Waals surface area contributed by atoms with Crippen LogP contribution in [0.25, 0.3) is 0 Å². The summed E-state index contributed by atoms with van der Waals surface area (Å²) in [6.45, 7) is 2.06. The van der Waals surface area contributed by atoms with Crippen LogP contribution in [0.3, 0.4) is 0 Å². The van der Waals surface area contributed by atoms with E-state index in [1.165, 1.54) is 12.1 Å². The van der Waals surface area contributed by atoms with Gasteiger partial charge in [-0.05, 0) is 24.1 Å². The zero-order valence-electron chi connectivity index (χ0n) is 9.67. The molecule has 1 aromatic rings. The molecule has 100 valence electrons. The molecule has 6 heteroatoms. The predicted molar refractivity (Wildman–Crippen MR) is 59.2 cm³/mol. The third-order valence-corrected chi connectivity index (χ3v) is 2.68. The second-order valence-electron chi connectivity index (χ2n) is 4.13. The van der Waals surface area contributed by atoms with Crippen molar-refractivity contribution < 1.29 is 22.6 Å². The van der Waals surface area contributed by atoms with Gasteiger partial charge in [0.25, 0.3) is 0 Å². The Hall–Kier alpha value is -1.27. The number of halogens is 3. The summed E-state index contributed by atoms with van der Waals surface area (Å²) in [6, 6.07) is 6.19. The van der Waals surface area contributed by atoms with Crippen LogP contribution in [-0.2, 0) is 11.3 Å². The first-order valence-corrected chi connectivity index (χ1v) is 5.69. The first-order valence-electron chi connectivity index (χ1n) is 5.69. The third-order valence-electron chi connectivity index (χ3n) is 2.68. The molecule has 0 bridgehead atoms. The predicted octanol–water partition coefficient (Wildman–Crippen LogP) is 2.46. The van der Waals surface area contributed by atoms with Gasteiger partial charge in [0.2, 0.25) is 0 Å². The highest BCUT2D eigenvalue weighted by Gasteiger charge is 2.30. The number of rotatable bonds is 4. The van der Waals surface area contributed by atoms with Crippen molar-refractivity contribution in [3.8, 4) is 5.75 Å². The van der Waals surface area contributed by atoms with E-state index in [9.17, 15) is 13.2 Å². The maximum atomic E-state index is 11.9. The van der Waals surface area contributed by atoms with E-state index >= 15 is 0 Å². The summed E-state index contributed by atoms with van der Waals surface area (Å²) in [4.78, 5) is 0. The minimum Gasteiger partial charge on any atom is -0.406 e. The fraction of sp³-hybridized carbons (Fsp3) is 0.500. The van der Waals surface area contributed by atoms with Crippen LogP contribution in [0, 0.1) is 0 Å². The summed E-state index contributed by atoms with van der Waals surface area (Å²) < 4.78 is 44.8. The molecule has 1 saturated heterocycles. The van der Waals surface area contributed by atoms with Gasteiger partial charge in [0.1, 0.15) is 5.75 Å². The highest BCUT2D eigenvalue weighted by atomic mass is 19.4. The number of ether oxygens (including phenoxy) is 2. The molecule has 1 unspecified atom stereocenters. The Morgan fingerprint density at radius 3 is 2.56 bits per heavy atom. The molecule has 2 rings (SSSR count). The fourth-order valence-corrected chi connectivity index (χ4v) is 1.77. The molecular formula is C12H14F3NO2. The van der Waals surface area contributed by atoms with Gasteiger partial charge in [-0.3, -0.25) is 0 Å².